The zero-order valence-corrected chi connectivity index (χ0v) is 19.3. The topological polar surface area (TPSA) is 85.4 Å². The van der Waals surface area contributed by atoms with Gasteiger partial charge in [0.25, 0.3) is 5.56 Å². The van der Waals surface area contributed by atoms with Gasteiger partial charge in [0.15, 0.2) is 0 Å². The molecular weight excluding hydrogens is 426 g/mol. The number of thioether (sulfide) groups is 1. The summed E-state index contributed by atoms with van der Waals surface area (Å²) >= 11 is 1.48. The van der Waals surface area contributed by atoms with E-state index in [1.54, 1.807) is 7.11 Å². The summed E-state index contributed by atoms with van der Waals surface area (Å²) in [7, 11) is 1.66. The Morgan fingerprint density at radius 1 is 1.16 bits per heavy atom. The van der Waals surface area contributed by atoms with E-state index in [9.17, 15) is 9.59 Å². The minimum absolute atomic E-state index is 0.0480. The lowest BCUT2D eigenvalue weighted by Crippen LogP contribution is -2.36. The molecule has 1 aromatic heterocycles. The van der Waals surface area contributed by atoms with E-state index in [1.165, 1.54) is 11.8 Å². The standard InChI is InChI=1S/C24H27N3O4S/c1-24(2)12-14(10-11-31-24)27-22-20(23(29)26-27)21(32-13-19(28)25-22)17-8-9-18(30-3)16-7-5-4-6-15(16)17/h4-9,14,21H,10-13H2,1-3H3,(H,25,28)(H,26,29)/t14-,21+/m1/s1. The molecule has 0 unspecified atom stereocenters. The third kappa shape index (κ3) is 3.61. The molecule has 32 heavy (non-hydrogen) atoms. The number of nitrogens with one attached hydrogen (secondary N) is 2. The Balaban J connectivity index is 1.67. The second kappa shape index (κ2) is 8.01. The lowest BCUT2D eigenvalue weighted by Gasteiger charge is -2.36. The van der Waals surface area contributed by atoms with Crippen LogP contribution in [0.2, 0.25) is 0 Å². The summed E-state index contributed by atoms with van der Waals surface area (Å²) < 4.78 is 13.3. The van der Waals surface area contributed by atoms with Gasteiger partial charge in [-0.3, -0.25) is 19.4 Å². The number of carbonyl (C=O) groups is 1. The van der Waals surface area contributed by atoms with Crippen molar-refractivity contribution in [3.8, 4) is 5.75 Å². The lowest BCUT2D eigenvalue weighted by atomic mass is 9.94. The fourth-order valence-electron chi connectivity index (χ4n) is 4.88. The molecule has 3 aromatic rings. The van der Waals surface area contributed by atoms with Gasteiger partial charge in [0.05, 0.1) is 35.3 Å². The Bertz CT molecular complexity index is 1250. The second-order valence-electron chi connectivity index (χ2n) is 8.97. The smallest absolute Gasteiger partial charge is 0.270 e. The summed E-state index contributed by atoms with van der Waals surface area (Å²) in [6.07, 6.45) is 1.53. The molecule has 2 N–H and O–H groups in total. The van der Waals surface area contributed by atoms with E-state index in [-0.39, 0.29) is 34.1 Å². The molecule has 2 aliphatic rings. The van der Waals surface area contributed by atoms with E-state index >= 15 is 0 Å². The Kier molecular flexibility index (Phi) is 5.29. The molecule has 8 heteroatoms. The van der Waals surface area contributed by atoms with Crippen LogP contribution in [0.25, 0.3) is 10.8 Å². The average molecular weight is 454 g/mol. The summed E-state index contributed by atoms with van der Waals surface area (Å²) in [5, 5.41) is 7.77. The van der Waals surface area contributed by atoms with Crippen LogP contribution in [0.15, 0.2) is 41.2 Å². The molecule has 5 rings (SSSR count). The number of fused-ring (bicyclic) bond motifs is 2. The van der Waals surface area contributed by atoms with Gasteiger partial charge in [0.1, 0.15) is 11.6 Å². The molecule has 2 aromatic carbocycles. The van der Waals surface area contributed by atoms with E-state index < -0.39 is 0 Å². The van der Waals surface area contributed by atoms with Crippen LogP contribution in [0.5, 0.6) is 5.75 Å². The fourth-order valence-corrected chi connectivity index (χ4v) is 6.05. The highest BCUT2D eigenvalue weighted by Crippen LogP contribution is 2.45. The Morgan fingerprint density at radius 2 is 1.94 bits per heavy atom. The zero-order valence-electron chi connectivity index (χ0n) is 18.4. The maximum Gasteiger partial charge on any atom is 0.270 e. The average Bonchev–Trinajstić information content (AvgIpc) is 2.98. The number of amides is 1. The van der Waals surface area contributed by atoms with Crippen molar-refractivity contribution >= 4 is 34.3 Å². The third-order valence-corrected chi connectivity index (χ3v) is 7.57. The van der Waals surface area contributed by atoms with Crippen molar-refractivity contribution in [2.75, 3.05) is 24.8 Å². The van der Waals surface area contributed by atoms with Crippen molar-refractivity contribution in [1.82, 2.24) is 9.78 Å². The van der Waals surface area contributed by atoms with Crippen LogP contribution >= 0.6 is 11.8 Å². The van der Waals surface area contributed by atoms with E-state index in [1.807, 2.05) is 41.1 Å². The number of carbonyl (C=O) groups excluding carboxylic acids is 1. The molecule has 0 bridgehead atoms. The molecule has 0 saturated carbocycles. The Morgan fingerprint density at radius 3 is 2.69 bits per heavy atom. The molecule has 1 amide bonds. The maximum absolute atomic E-state index is 13.3. The normalized spacial score (nSPS) is 22.8. The highest BCUT2D eigenvalue weighted by atomic mass is 32.2. The van der Waals surface area contributed by atoms with E-state index in [0.29, 0.717) is 18.0 Å². The van der Waals surface area contributed by atoms with Crippen molar-refractivity contribution in [2.45, 2.75) is 43.6 Å². The van der Waals surface area contributed by atoms with Crippen LogP contribution in [0.1, 0.15) is 49.1 Å². The van der Waals surface area contributed by atoms with Crippen molar-refractivity contribution in [3.63, 3.8) is 0 Å². The predicted octanol–water partition coefficient (Wildman–Crippen LogP) is 4.24. The van der Waals surface area contributed by atoms with Crippen LogP contribution in [0, 0.1) is 0 Å². The lowest BCUT2D eigenvalue weighted by molar-refractivity contribution is -0.113. The van der Waals surface area contributed by atoms with Crippen LogP contribution in [0.4, 0.5) is 5.82 Å². The van der Waals surface area contributed by atoms with E-state index in [0.717, 1.165) is 34.9 Å². The third-order valence-electron chi connectivity index (χ3n) is 6.32. The summed E-state index contributed by atoms with van der Waals surface area (Å²) in [4.78, 5) is 25.9. The molecule has 0 radical (unpaired) electrons. The van der Waals surface area contributed by atoms with Gasteiger partial charge in [0.2, 0.25) is 5.91 Å². The van der Waals surface area contributed by atoms with Crippen molar-refractivity contribution in [3.05, 3.63) is 57.9 Å². The van der Waals surface area contributed by atoms with Gasteiger partial charge in [-0.25, -0.2) is 0 Å². The quantitative estimate of drug-likeness (QED) is 0.620. The van der Waals surface area contributed by atoms with Gasteiger partial charge in [-0.1, -0.05) is 30.3 Å². The number of ether oxygens (including phenoxy) is 2. The Labute approximate surface area is 190 Å². The monoisotopic (exact) mass is 453 g/mol. The number of benzene rings is 2. The summed E-state index contributed by atoms with van der Waals surface area (Å²) in [5.41, 5.74) is 1.15. The number of hydrogen-bond acceptors (Lipinski definition) is 5. The second-order valence-corrected chi connectivity index (χ2v) is 10.1. The first-order valence-electron chi connectivity index (χ1n) is 10.8. The first kappa shape index (κ1) is 21.2. The molecule has 0 spiro atoms. The molecular formula is C24H27N3O4S. The van der Waals surface area contributed by atoms with Crippen LogP contribution in [-0.2, 0) is 9.53 Å². The van der Waals surface area contributed by atoms with Crippen LogP contribution in [0.3, 0.4) is 0 Å². The van der Waals surface area contributed by atoms with Gasteiger partial charge in [-0.05, 0) is 43.7 Å². The number of H-pyrrole nitrogens is 1. The van der Waals surface area contributed by atoms with Crippen LogP contribution < -0.4 is 15.6 Å². The van der Waals surface area contributed by atoms with Gasteiger partial charge in [-0.15, -0.1) is 11.8 Å². The van der Waals surface area contributed by atoms with Crippen molar-refractivity contribution in [1.29, 1.82) is 0 Å². The number of methoxy groups -OCH3 is 1. The van der Waals surface area contributed by atoms with Gasteiger partial charge < -0.3 is 14.8 Å². The van der Waals surface area contributed by atoms with Crippen molar-refractivity contribution in [2.24, 2.45) is 0 Å². The summed E-state index contributed by atoms with van der Waals surface area (Å²) in [6.45, 7) is 4.72. The largest absolute Gasteiger partial charge is 0.496 e. The predicted molar refractivity (Wildman–Crippen MR) is 127 cm³/mol. The molecule has 2 aliphatic heterocycles. The molecule has 1 fully saturated rings. The molecule has 7 nitrogen and oxygen atoms in total. The number of aromatic nitrogens is 2. The molecule has 0 aliphatic carbocycles. The minimum atomic E-state index is -0.286. The number of hydrogen-bond donors (Lipinski definition) is 2. The van der Waals surface area contributed by atoms with Gasteiger partial charge >= 0.3 is 0 Å². The molecule has 3 heterocycles. The zero-order chi connectivity index (χ0) is 22.5. The summed E-state index contributed by atoms with van der Waals surface area (Å²) in [6, 6.07) is 12.0. The molecule has 2 atom stereocenters. The summed E-state index contributed by atoms with van der Waals surface area (Å²) in [5.74, 6) is 1.54. The Hall–Kier alpha value is -2.71. The fraction of sp³-hybridized carbons (Fsp3) is 0.417. The van der Waals surface area contributed by atoms with Gasteiger partial charge in [0, 0.05) is 12.0 Å². The minimum Gasteiger partial charge on any atom is -0.496 e. The van der Waals surface area contributed by atoms with Crippen LogP contribution in [-0.4, -0.2) is 40.8 Å². The number of nitrogens with zero attached hydrogens (tertiary/aromatic N) is 1. The number of aromatic amines is 1. The maximum atomic E-state index is 13.3. The first-order valence-corrected chi connectivity index (χ1v) is 11.9. The molecule has 1 saturated heterocycles. The highest BCUT2D eigenvalue weighted by Gasteiger charge is 2.36. The van der Waals surface area contributed by atoms with Crippen molar-refractivity contribution < 1.29 is 14.3 Å². The highest BCUT2D eigenvalue weighted by molar-refractivity contribution is 8.00. The van der Waals surface area contributed by atoms with E-state index in [4.69, 9.17) is 9.47 Å². The molecule has 168 valence electrons. The number of rotatable bonds is 3. The first-order chi connectivity index (χ1) is 15.4. The SMILES string of the molecule is COc1ccc([C@@H]2SCC(=O)Nc3c2c(=O)[nH]n3[C@@H]2CCOC(C)(C)C2)c2ccccc12. The van der Waals surface area contributed by atoms with E-state index in [2.05, 4.69) is 24.3 Å². The van der Waals surface area contributed by atoms with Gasteiger partial charge in [-0.2, -0.15) is 0 Å². The number of anilines is 1.